The summed E-state index contributed by atoms with van der Waals surface area (Å²) in [5, 5.41) is 11.3. The summed E-state index contributed by atoms with van der Waals surface area (Å²) in [6.45, 7) is 14.6. The van der Waals surface area contributed by atoms with Crippen molar-refractivity contribution >= 4 is 64.5 Å². The van der Waals surface area contributed by atoms with Crippen molar-refractivity contribution in [3.63, 3.8) is 0 Å². The van der Waals surface area contributed by atoms with Gasteiger partial charge in [0.15, 0.2) is 10.8 Å². The molecule has 0 aliphatic rings. The number of thioether (sulfide) groups is 1. The van der Waals surface area contributed by atoms with Crippen LogP contribution in [0.15, 0.2) is 34.0 Å². The fourth-order valence-electron chi connectivity index (χ4n) is 4.01. The van der Waals surface area contributed by atoms with E-state index in [4.69, 9.17) is 14.5 Å². The van der Waals surface area contributed by atoms with Crippen molar-refractivity contribution in [3.05, 3.63) is 40.3 Å². The normalized spacial score (nSPS) is 12.3. The smallest absolute Gasteiger partial charge is 0.407 e. The summed E-state index contributed by atoms with van der Waals surface area (Å²) in [5.74, 6) is 1.40. The summed E-state index contributed by atoms with van der Waals surface area (Å²) in [6, 6.07) is 7.25. The molecule has 41 heavy (non-hydrogen) atoms. The van der Waals surface area contributed by atoms with Gasteiger partial charge in [0.25, 0.3) is 0 Å². The topological polar surface area (TPSA) is 120 Å². The Morgan fingerprint density at radius 1 is 1.17 bits per heavy atom. The van der Waals surface area contributed by atoms with Crippen LogP contribution in [0.5, 0.6) is 0 Å². The molecule has 3 heterocycles. The van der Waals surface area contributed by atoms with Gasteiger partial charge < -0.3 is 24.7 Å². The number of aromatic nitrogens is 6. The van der Waals surface area contributed by atoms with Crippen LogP contribution < -0.4 is 10.6 Å². The van der Waals surface area contributed by atoms with Crippen molar-refractivity contribution in [1.29, 1.82) is 0 Å². The van der Waals surface area contributed by atoms with Crippen LogP contribution in [0.25, 0.3) is 16.7 Å². The molecule has 0 saturated heterocycles. The van der Waals surface area contributed by atoms with E-state index in [1.54, 1.807) is 10.7 Å². The zero-order valence-electron chi connectivity index (χ0n) is 24.7. The number of rotatable bonds is 12. The first-order chi connectivity index (χ1) is 19.3. The first kappa shape index (κ1) is 31.3. The lowest BCUT2D eigenvalue weighted by molar-refractivity contribution is 0.0528. The second kappa shape index (κ2) is 13.1. The third-order valence-electron chi connectivity index (χ3n) is 6.08. The lowest BCUT2D eigenvalue weighted by Gasteiger charge is -2.19. The van der Waals surface area contributed by atoms with Crippen LogP contribution in [-0.2, 0) is 29.2 Å². The number of carbonyl (C=O) groups excluding carboxylic acids is 1. The van der Waals surface area contributed by atoms with Crippen molar-refractivity contribution in [2.75, 3.05) is 24.7 Å². The number of nitrogens with one attached hydrogen (secondary N) is 2. The van der Waals surface area contributed by atoms with E-state index in [0.717, 1.165) is 32.9 Å². The predicted octanol–water partition coefficient (Wildman–Crippen LogP) is 5.95. The SMILES string of the molecule is CSc1nc(NCc2nc3ccc(CCNC(=O)OC(C)(C)C)cc3n2COCC[Si](C)(C)C)n2ncc(Br)c2n1. The van der Waals surface area contributed by atoms with E-state index < -0.39 is 19.8 Å². The van der Waals surface area contributed by atoms with Gasteiger partial charge in [0.1, 0.15) is 18.2 Å². The third kappa shape index (κ3) is 8.66. The Kier molecular flexibility index (Phi) is 9.98. The van der Waals surface area contributed by atoms with E-state index in [0.29, 0.717) is 49.6 Å². The van der Waals surface area contributed by atoms with Gasteiger partial charge in [-0.3, -0.25) is 0 Å². The molecule has 4 aromatic rings. The average molecular weight is 664 g/mol. The Balaban J connectivity index is 1.55. The summed E-state index contributed by atoms with van der Waals surface area (Å²) < 4.78 is 16.1. The van der Waals surface area contributed by atoms with Gasteiger partial charge in [-0.1, -0.05) is 37.5 Å². The fraction of sp³-hybridized carbons (Fsp3) is 0.519. The van der Waals surface area contributed by atoms with Crippen LogP contribution in [0.1, 0.15) is 32.2 Å². The maximum atomic E-state index is 12.1. The van der Waals surface area contributed by atoms with E-state index >= 15 is 0 Å². The van der Waals surface area contributed by atoms with Gasteiger partial charge in [0.05, 0.1) is 28.2 Å². The second-order valence-corrected chi connectivity index (χ2v) is 19.2. The summed E-state index contributed by atoms with van der Waals surface area (Å²) in [4.78, 5) is 26.2. The van der Waals surface area contributed by atoms with E-state index in [1.165, 1.54) is 11.8 Å². The lowest BCUT2D eigenvalue weighted by Crippen LogP contribution is -2.33. The maximum Gasteiger partial charge on any atom is 0.407 e. The number of carbonyl (C=O) groups is 1. The minimum Gasteiger partial charge on any atom is -0.444 e. The summed E-state index contributed by atoms with van der Waals surface area (Å²) >= 11 is 4.99. The number of halogens is 1. The number of imidazole rings is 1. The molecule has 0 aliphatic heterocycles. The predicted molar refractivity (Wildman–Crippen MR) is 169 cm³/mol. The van der Waals surface area contributed by atoms with Crippen molar-refractivity contribution < 1.29 is 14.3 Å². The monoisotopic (exact) mass is 662 g/mol. The Morgan fingerprint density at radius 2 is 1.95 bits per heavy atom. The number of hydrogen-bond acceptors (Lipinski definition) is 9. The zero-order valence-corrected chi connectivity index (χ0v) is 28.1. The van der Waals surface area contributed by atoms with Gasteiger partial charge in [0.2, 0.25) is 5.95 Å². The number of fused-ring (bicyclic) bond motifs is 2. The molecule has 2 N–H and O–H groups in total. The molecule has 14 heteroatoms. The largest absolute Gasteiger partial charge is 0.444 e. The Bertz CT molecular complexity index is 1510. The van der Waals surface area contributed by atoms with Crippen LogP contribution in [0, 0.1) is 0 Å². The van der Waals surface area contributed by atoms with Crippen molar-refractivity contribution in [1.82, 2.24) is 34.4 Å². The van der Waals surface area contributed by atoms with Crippen LogP contribution in [0.3, 0.4) is 0 Å². The molecule has 0 unspecified atom stereocenters. The molecular weight excluding hydrogens is 624 g/mol. The van der Waals surface area contributed by atoms with E-state index in [2.05, 4.69) is 71.9 Å². The molecule has 1 aromatic carbocycles. The molecule has 0 bridgehead atoms. The van der Waals surface area contributed by atoms with Crippen LogP contribution in [0.2, 0.25) is 25.7 Å². The number of ether oxygens (including phenoxy) is 2. The average Bonchev–Trinajstić information content (AvgIpc) is 3.43. The molecule has 0 atom stereocenters. The van der Waals surface area contributed by atoms with Gasteiger partial charge >= 0.3 is 6.09 Å². The van der Waals surface area contributed by atoms with Crippen molar-refractivity contribution in [2.24, 2.45) is 0 Å². The molecule has 0 aliphatic carbocycles. The molecule has 0 saturated carbocycles. The highest BCUT2D eigenvalue weighted by molar-refractivity contribution is 9.10. The van der Waals surface area contributed by atoms with E-state index in [-0.39, 0.29) is 0 Å². The quantitative estimate of drug-likeness (QED) is 0.108. The Hall–Kier alpha value is -2.68. The second-order valence-electron chi connectivity index (χ2n) is 11.9. The molecule has 4 rings (SSSR count). The lowest BCUT2D eigenvalue weighted by atomic mass is 10.1. The molecular formula is C27H39BrN8O3SSi. The van der Waals surface area contributed by atoms with E-state index in [1.807, 2.05) is 39.2 Å². The van der Waals surface area contributed by atoms with Crippen LogP contribution in [0.4, 0.5) is 10.7 Å². The van der Waals surface area contributed by atoms with Crippen LogP contribution in [-0.4, -0.2) is 68.3 Å². The standard InChI is InChI=1S/C27H39BrN8O3SSi/c1-27(2,3)39-26(37)29-11-10-18-8-9-20-21(14-18)35(17-38-12-13-41(5,6)7)22(32-20)16-30-24-34-25(40-4)33-23-19(28)15-31-36(23)24/h8-9,14-15H,10-13,16-17H2,1-7H3,(H,29,37)(H,30,33,34). The summed E-state index contributed by atoms with van der Waals surface area (Å²) in [6.07, 6.45) is 3.90. The summed E-state index contributed by atoms with van der Waals surface area (Å²) in [7, 11) is -1.22. The van der Waals surface area contributed by atoms with Gasteiger partial charge in [-0.05, 0) is 73.1 Å². The number of anilines is 1. The highest BCUT2D eigenvalue weighted by Gasteiger charge is 2.18. The zero-order chi connectivity index (χ0) is 29.8. The number of amides is 1. The number of alkyl carbamates (subject to hydrolysis) is 1. The van der Waals surface area contributed by atoms with Gasteiger partial charge in [0, 0.05) is 21.2 Å². The molecule has 3 aromatic heterocycles. The molecule has 11 nitrogen and oxygen atoms in total. The Labute approximate surface area is 254 Å². The van der Waals surface area contributed by atoms with Gasteiger partial charge in [-0.15, -0.1) is 0 Å². The Morgan fingerprint density at radius 3 is 2.66 bits per heavy atom. The highest BCUT2D eigenvalue weighted by atomic mass is 79.9. The summed E-state index contributed by atoms with van der Waals surface area (Å²) in [5.41, 5.74) is 3.10. The third-order valence-corrected chi connectivity index (χ3v) is 8.89. The first-order valence-corrected chi connectivity index (χ1v) is 19.3. The molecule has 0 spiro atoms. The highest BCUT2D eigenvalue weighted by Crippen LogP contribution is 2.23. The maximum absolute atomic E-state index is 12.1. The van der Waals surface area contributed by atoms with Crippen LogP contribution >= 0.6 is 27.7 Å². The fourth-order valence-corrected chi connectivity index (χ4v) is 5.47. The molecule has 0 fully saturated rings. The number of hydrogen-bond donors (Lipinski definition) is 2. The minimum atomic E-state index is -1.22. The molecule has 0 radical (unpaired) electrons. The van der Waals surface area contributed by atoms with Gasteiger partial charge in [-0.2, -0.15) is 14.6 Å². The van der Waals surface area contributed by atoms with E-state index in [9.17, 15) is 4.79 Å². The molecule has 1 amide bonds. The van der Waals surface area contributed by atoms with Crippen molar-refractivity contribution in [2.45, 2.75) is 76.9 Å². The molecule has 222 valence electrons. The first-order valence-electron chi connectivity index (χ1n) is 13.5. The minimum absolute atomic E-state index is 0.389. The number of benzene rings is 1. The number of nitrogens with zero attached hydrogens (tertiary/aromatic N) is 6. The van der Waals surface area contributed by atoms with Crippen molar-refractivity contribution in [3.8, 4) is 0 Å². The van der Waals surface area contributed by atoms with Gasteiger partial charge in [-0.25, -0.2) is 14.8 Å².